The Balaban J connectivity index is 2.40. The Bertz CT molecular complexity index is 471. The van der Waals surface area contributed by atoms with E-state index in [1.165, 1.54) is 31.3 Å². The van der Waals surface area contributed by atoms with Crippen LogP contribution in [0.4, 0.5) is 16.2 Å². The average Bonchev–Trinajstić information content (AvgIpc) is 2.54. The van der Waals surface area contributed by atoms with E-state index < -0.39 is 6.09 Å². The molecule has 22 heavy (non-hydrogen) atoms. The van der Waals surface area contributed by atoms with Crippen LogP contribution in [0.3, 0.4) is 0 Å². The molecule has 0 aliphatic rings. The summed E-state index contributed by atoms with van der Waals surface area (Å²) in [6.45, 7) is 2.17. The zero-order chi connectivity index (χ0) is 16.4. The summed E-state index contributed by atoms with van der Waals surface area (Å²) in [6.07, 6.45) is 5.78. The van der Waals surface area contributed by atoms with Gasteiger partial charge < -0.3 is 10.1 Å². The maximum atomic E-state index is 11.8. The fraction of sp³-hybridized carbons (Fsp3) is 0.529. The average molecular weight is 306 g/mol. The summed E-state index contributed by atoms with van der Waals surface area (Å²) < 4.78 is 4.65. The fourth-order valence-corrected chi connectivity index (χ4v) is 2.12. The number of benzene rings is 1. The second-order valence-corrected chi connectivity index (χ2v) is 5.29. The molecule has 0 aromatic heterocycles. The maximum Gasteiger partial charge on any atom is 0.413 e. The molecular weight excluding hydrogens is 280 g/mol. The van der Waals surface area contributed by atoms with Crippen molar-refractivity contribution in [1.82, 2.24) is 0 Å². The van der Waals surface area contributed by atoms with Gasteiger partial charge in [-0.25, -0.2) is 4.79 Å². The van der Waals surface area contributed by atoms with Crippen molar-refractivity contribution in [3.63, 3.8) is 0 Å². The first kappa shape index (κ1) is 18.0. The Morgan fingerprint density at radius 2 is 1.73 bits per heavy atom. The number of methoxy groups -OCH3 is 1. The molecule has 0 unspecified atom stereocenters. The van der Waals surface area contributed by atoms with Crippen molar-refractivity contribution in [3.05, 3.63) is 24.3 Å². The van der Waals surface area contributed by atoms with Crippen molar-refractivity contribution in [2.45, 2.75) is 45.4 Å². The van der Waals surface area contributed by atoms with Crippen LogP contribution in [-0.4, -0.2) is 26.2 Å². The highest BCUT2D eigenvalue weighted by Gasteiger charge is 2.10. The third-order valence-corrected chi connectivity index (χ3v) is 3.49. The Morgan fingerprint density at radius 1 is 1.09 bits per heavy atom. The summed E-state index contributed by atoms with van der Waals surface area (Å²) in [5.74, 6) is 0.0329. The number of hydrogen-bond acceptors (Lipinski definition) is 3. The fourth-order valence-electron chi connectivity index (χ4n) is 2.12. The van der Waals surface area contributed by atoms with E-state index in [0.29, 0.717) is 12.1 Å². The van der Waals surface area contributed by atoms with Crippen molar-refractivity contribution in [3.8, 4) is 0 Å². The van der Waals surface area contributed by atoms with Gasteiger partial charge in [-0.3, -0.25) is 9.69 Å². The summed E-state index contributed by atoms with van der Waals surface area (Å²) in [4.78, 5) is 24.6. The van der Waals surface area contributed by atoms with E-state index in [9.17, 15) is 9.59 Å². The lowest BCUT2D eigenvalue weighted by atomic mass is 10.1. The summed E-state index contributed by atoms with van der Waals surface area (Å²) in [5, 5.41) is 2.87. The van der Waals surface area contributed by atoms with Gasteiger partial charge in [0.15, 0.2) is 0 Å². The molecule has 0 saturated carbocycles. The third kappa shape index (κ3) is 6.16. The van der Waals surface area contributed by atoms with Gasteiger partial charge in [0.1, 0.15) is 0 Å². The number of unbranched alkanes of at least 4 members (excludes halogenated alkanes) is 4. The molecule has 122 valence electrons. The Labute approximate surface area is 132 Å². The third-order valence-electron chi connectivity index (χ3n) is 3.49. The smallest absolute Gasteiger partial charge is 0.413 e. The molecule has 0 bridgehead atoms. The molecule has 0 aliphatic heterocycles. The lowest BCUT2D eigenvalue weighted by Gasteiger charge is -2.15. The first-order chi connectivity index (χ1) is 10.6. The molecule has 0 spiro atoms. The number of anilines is 2. The molecule has 1 aromatic rings. The van der Waals surface area contributed by atoms with Crippen LogP contribution in [0.2, 0.25) is 0 Å². The molecule has 0 radical (unpaired) electrons. The van der Waals surface area contributed by atoms with Crippen LogP contribution in [0, 0.1) is 0 Å². The Kier molecular flexibility index (Phi) is 8.04. The summed E-state index contributed by atoms with van der Waals surface area (Å²) >= 11 is 0. The van der Waals surface area contributed by atoms with E-state index in [-0.39, 0.29) is 5.91 Å². The zero-order valence-electron chi connectivity index (χ0n) is 13.7. The van der Waals surface area contributed by atoms with Crippen LogP contribution in [0.1, 0.15) is 45.4 Å². The monoisotopic (exact) mass is 306 g/mol. The van der Waals surface area contributed by atoms with Gasteiger partial charge in [0, 0.05) is 24.8 Å². The first-order valence-corrected chi connectivity index (χ1v) is 7.80. The molecule has 0 heterocycles. The predicted molar refractivity (Wildman–Crippen MR) is 89.3 cm³/mol. The van der Waals surface area contributed by atoms with Gasteiger partial charge in [-0.1, -0.05) is 32.6 Å². The second-order valence-electron chi connectivity index (χ2n) is 5.29. The van der Waals surface area contributed by atoms with E-state index in [0.717, 1.165) is 18.5 Å². The molecule has 5 nitrogen and oxygen atoms in total. The molecule has 5 heteroatoms. The van der Waals surface area contributed by atoms with Gasteiger partial charge in [-0.15, -0.1) is 0 Å². The number of ether oxygens (including phenoxy) is 1. The quantitative estimate of drug-likeness (QED) is 0.733. The van der Waals surface area contributed by atoms with Gasteiger partial charge in [0.05, 0.1) is 7.11 Å². The lowest BCUT2D eigenvalue weighted by Crippen LogP contribution is -2.25. The van der Waals surface area contributed by atoms with E-state index in [4.69, 9.17) is 0 Å². The number of nitrogens with zero attached hydrogens (tertiary/aromatic N) is 1. The highest BCUT2D eigenvalue weighted by molar-refractivity contribution is 5.91. The number of nitrogens with one attached hydrogen (secondary N) is 1. The number of carbonyl (C=O) groups excluding carboxylic acids is 2. The molecule has 0 saturated heterocycles. The van der Waals surface area contributed by atoms with Crippen LogP contribution < -0.4 is 10.2 Å². The maximum absolute atomic E-state index is 11.8. The summed E-state index contributed by atoms with van der Waals surface area (Å²) in [6, 6.07) is 7.11. The molecule has 1 aromatic carbocycles. The minimum absolute atomic E-state index is 0.0329. The van der Waals surface area contributed by atoms with E-state index in [2.05, 4.69) is 17.0 Å². The van der Waals surface area contributed by atoms with Gasteiger partial charge >= 0.3 is 6.09 Å². The van der Waals surface area contributed by atoms with Crippen LogP contribution in [0.15, 0.2) is 24.3 Å². The van der Waals surface area contributed by atoms with Crippen molar-refractivity contribution < 1.29 is 14.3 Å². The van der Waals surface area contributed by atoms with Crippen molar-refractivity contribution in [2.75, 3.05) is 24.4 Å². The van der Waals surface area contributed by atoms with E-state index >= 15 is 0 Å². The molecule has 1 N–H and O–H groups in total. The highest BCUT2D eigenvalue weighted by atomic mass is 16.5. The van der Waals surface area contributed by atoms with Gasteiger partial charge in [0.2, 0.25) is 5.91 Å². The molecule has 1 rings (SSSR count). The minimum atomic E-state index is -0.427. The number of carbonyl (C=O) groups is 2. The Hall–Kier alpha value is -2.04. The van der Waals surface area contributed by atoms with Gasteiger partial charge in [0.25, 0.3) is 0 Å². The SMILES string of the molecule is CCCCCCCC(=O)Nc1ccc(N(C)C(=O)OC)cc1. The topological polar surface area (TPSA) is 58.6 Å². The van der Waals surface area contributed by atoms with Crippen molar-refractivity contribution in [1.29, 1.82) is 0 Å². The van der Waals surface area contributed by atoms with Crippen molar-refractivity contribution in [2.24, 2.45) is 0 Å². The molecule has 0 atom stereocenters. The molecule has 2 amide bonds. The van der Waals surface area contributed by atoms with Crippen LogP contribution in [0.5, 0.6) is 0 Å². The highest BCUT2D eigenvalue weighted by Crippen LogP contribution is 2.18. The van der Waals surface area contributed by atoms with E-state index in [1.54, 1.807) is 31.3 Å². The molecule has 0 aliphatic carbocycles. The molecule has 0 fully saturated rings. The summed E-state index contributed by atoms with van der Waals surface area (Å²) in [7, 11) is 2.98. The number of amides is 2. The minimum Gasteiger partial charge on any atom is -0.452 e. The largest absolute Gasteiger partial charge is 0.452 e. The molecular formula is C17H26N2O3. The second kappa shape index (κ2) is 9.82. The van der Waals surface area contributed by atoms with Crippen molar-refractivity contribution >= 4 is 23.4 Å². The van der Waals surface area contributed by atoms with Gasteiger partial charge in [-0.2, -0.15) is 0 Å². The van der Waals surface area contributed by atoms with Gasteiger partial charge in [-0.05, 0) is 30.7 Å². The van der Waals surface area contributed by atoms with Crippen LogP contribution >= 0.6 is 0 Å². The van der Waals surface area contributed by atoms with Crippen LogP contribution in [0.25, 0.3) is 0 Å². The first-order valence-electron chi connectivity index (χ1n) is 7.80. The van der Waals surface area contributed by atoms with E-state index in [1.807, 2.05) is 0 Å². The lowest BCUT2D eigenvalue weighted by molar-refractivity contribution is -0.116. The Morgan fingerprint density at radius 3 is 2.32 bits per heavy atom. The summed E-state index contributed by atoms with van der Waals surface area (Å²) in [5.41, 5.74) is 1.45. The number of rotatable bonds is 8. The zero-order valence-corrected chi connectivity index (χ0v) is 13.7. The normalized spacial score (nSPS) is 10.1. The number of hydrogen-bond donors (Lipinski definition) is 1. The standard InChI is InChI=1S/C17H26N2O3/c1-4-5-6-7-8-9-16(20)18-14-10-12-15(13-11-14)19(2)17(21)22-3/h10-13H,4-9H2,1-3H3,(H,18,20). The van der Waals surface area contributed by atoms with Crippen LogP contribution in [-0.2, 0) is 9.53 Å². The predicted octanol–water partition coefficient (Wildman–Crippen LogP) is 4.19.